The number of carbonyl (C=O) groups excluding carboxylic acids is 1. The van der Waals surface area contributed by atoms with Gasteiger partial charge >= 0.3 is 0 Å². The lowest BCUT2D eigenvalue weighted by atomic mass is 10.2. The second kappa shape index (κ2) is 3.70. The maximum atomic E-state index is 11.5. The molecule has 2 unspecified atom stereocenters. The van der Waals surface area contributed by atoms with Gasteiger partial charge in [0.15, 0.2) is 0 Å². The van der Waals surface area contributed by atoms with Gasteiger partial charge < -0.3 is 11.1 Å². The Morgan fingerprint density at radius 2 is 2.43 bits per heavy atom. The molecule has 4 N–H and O–H groups in total. The van der Waals surface area contributed by atoms with Crippen molar-refractivity contribution >= 4 is 5.91 Å². The van der Waals surface area contributed by atoms with Gasteiger partial charge in [0.25, 0.3) is 11.7 Å². The fourth-order valence-corrected chi connectivity index (χ4v) is 1.66. The number of nitrogens with zero attached hydrogens (tertiary/aromatic N) is 3. The second-order valence-corrected chi connectivity index (χ2v) is 3.41. The van der Waals surface area contributed by atoms with Crippen LogP contribution in [0.2, 0.25) is 0 Å². The van der Waals surface area contributed by atoms with Crippen molar-refractivity contribution in [3.63, 3.8) is 0 Å². The van der Waals surface area contributed by atoms with Crippen molar-refractivity contribution in [3.8, 4) is 0 Å². The minimum absolute atomic E-state index is 0.0426. The molecule has 0 radical (unpaired) electrons. The normalized spacial score (nSPS) is 26.4. The Kier molecular flexibility index (Phi) is 2.40. The Morgan fingerprint density at radius 1 is 1.57 bits per heavy atom. The van der Waals surface area contributed by atoms with Gasteiger partial charge in [-0.15, -0.1) is 10.2 Å². The minimum atomic E-state index is -0.318. The van der Waals surface area contributed by atoms with Gasteiger partial charge in [-0.2, -0.15) is 5.21 Å². The number of hydrogen-bond donors (Lipinski definition) is 3. The summed E-state index contributed by atoms with van der Waals surface area (Å²) in [5.74, 6) is -0.259. The smallest absolute Gasteiger partial charge is 0.293 e. The van der Waals surface area contributed by atoms with E-state index in [4.69, 9.17) is 5.73 Å². The maximum Gasteiger partial charge on any atom is 0.293 e. The Morgan fingerprint density at radius 3 is 3.00 bits per heavy atom. The molecular weight excluding hydrogens is 184 g/mol. The molecule has 1 amide bonds. The lowest BCUT2D eigenvalue weighted by molar-refractivity contribution is 0.0924. The minimum Gasteiger partial charge on any atom is -0.345 e. The first-order valence-corrected chi connectivity index (χ1v) is 4.57. The first-order chi connectivity index (χ1) is 6.77. The van der Waals surface area contributed by atoms with Crippen molar-refractivity contribution in [2.24, 2.45) is 5.73 Å². The lowest BCUT2D eigenvalue weighted by Crippen LogP contribution is -2.44. The van der Waals surface area contributed by atoms with E-state index in [0.29, 0.717) is 0 Å². The van der Waals surface area contributed by atoms with Crippen LogP contribution in [0.3, 0.4) is 0 Å². The molecule has 1 aromatic rings. The fraction of sp³-hybridized carbons (Fsp3) is 0.714. The molecule has 0 aliphatic heterocycles. The molecule has 1 aliphatic carbocycles. The molecule has 2 rings (SSSR count). The summed E-state index contributed by atoms with van der Waals surface area (Å²) in [5, 5.41) is 15.5. The first-order valence-electron chi connectivity index (χ1n) is 4.57. The van der Waals surface area contributed by atoms with Crippen LogP contribution in [0.4, 0.5) is 0 Å². The highest BCUT2D eigenvalue weighted by molar-refractivity contribution is 5.90. The number of aromatic amines is 1. The van der Waals surface area contributed by atoms with Gasteiger partial charge in [0.1, 0.15) is 0 Å². The fourth-order valence-electron chi connectivity index (χ4n) is 1.66. The van der Waals surface area contributed by atoms with E-state index in [1.165, 1.54) is 0 Å². The van der Waals surface area contributed by atoms with Gasteiger partial charge in [0.05, 0.1) is 0 Å². The molecule has 1 saturated carbocycles. The number of rotatable bonds is 2. The quantitative estimate of drug-likeness (QED) is 0.551. The summed E-state index contributed by atoms with van der Waals surface area (Å²) in [4.78, 5) is 11.5. The molecule has 0 saturated heterocycles. The van der Waals surface area contributed by atoms with Crippen molar-refractivity contribution in [1.82, 2.24) is 25.9 Å². The van der Waals surface area contributed by atoms with Crippen LogP contribution in [0.1, 0.15) is 29.9 Å². The van der Waals surface area contributed by atoms with Crippen LogP contribution < -0.4 is 11.1 Å². The third kappa shape index (κ3) is 1.72. The molecule has 0 bridgehead atoms. The van der Waals surface area contributed by atoms with Crippen LogP contribution in [-0.4, -0.2) is 38.6 Å². The number of aromatic nitrogens is 4. The van der Waals surface area contributed by atoms with Gasteiger partial charge in [0, 0.05) is 12.1 Å². The van der Waals surface area contributed by atoms with Crippen LogP contribution in [0.5, 0.6) is 0 Å². The third-order valence-electron chi connectivity index (χ3n) is 2.43. The van der Waals surface area contributed by atoms with E-state index >= 15 is 0 Å². The van der Waals surface area contributed by atoms with Crippen LogP contribution in [-0.2, 0) is 0 Å². The molecule has 1 aliphatic rings. The number of hydrogen-bond acceptors (Lipinski definition) is 5. The number of nitrogens with two attached hydrogens (primary N) is 1. The average Bonchev–Trinajstić information content (AvgIpc) is 2.77. The predicted molar refractivity (Wildman–Crippen MR) is 47.3 cm³/mol. The molecular formula is C7H12N6O. The first kappa shape index (κ1) is 9.07. The van der Waals surface area contributed by atoms with E-state index in [-0.39, 0.29) is 23.8 Å². The number of H-pyrrole nitrogens is 1. The zero-order valence-corrected chi connectivity index (χ0v) is 7.60. The maximum absolute atomic E-state index is 11.5. The van der Waals surface area contributed by atoms with E-state index in [0.717, 1.165) is 19.3 Å². The summed E-state index contributed by atoms with van der Waals surface area (Å²) < 4.78 is 0. The van der Waals surface area contributed by atoms with Gasteiger partial charge in [0.2, 0.25) is 0 Å². The third-order valence-corrected chi connectivity index (χ3v) is 2.43. The topological polar surface area (TPSA) is 110 Å². The van der Waals surface area contributed by atoms with Crippen molar-refractivity contribution in [1.29, 1.82) is 0 Å². The van der Waals surface area contributed by atoms with Crippen LogP contribution in [0, 0.1) is 0 Å². The van der Waals surface area contributed by atoms with Gasteiger partial charge in [-0.25, -0.2) is 0 Å². The molecule has 0 aromatic carbocycles. The number of tetrazole rings is 1. The van der Waals surface area contributed by atoms with Crippen molar-refractivity contribution in [2.45, 2.75) is 31.3 Å². The summed E-state index contributed by atoms with van der Waals surface area (Å²) >= 11 is 0. The summed E-state index contributed by atoms with van der Waals surface area (Å²) in [6.45, 7) is 0. The highest BCUT2D eigenvalue weighted by Crippen LogP contribution is 2.16. The standard InChI is InChI=1S/C7H12N6O/c8-4-2-1-3-5(4)9-7(14)6-10-12-13-11-6/h4-5H,1-3,8H2,(H,9,14)(H,10,11,12,13). The van der Waals surface area contributed by atoms with E-state index in [1.54, 1.807) is 0 Å². The summed E-state index contributed by atoms with van der Waals surface area (Å²) in [6, 6.07) is 0.0897. The van der Waals surface area contributed by atoms with E-state index in [2.05, 4.69) is 25.9 Å². The number of nitrogens with one attached hydrogen (secondary N) is 2. The molecule has 76 valence electrons. The van der Waals surface area contributed by atoms with E-state index in [9.17, 15) is 4.79 Å². The molecule has 7 nitrogen and oxygen atoms in total. The van der Waals surface area contributed by atoms with Gasteiger partial charge in [-0.3, -0.25) is 4.79 Å². The lowest BCUT2D eigenvalue weighted by Gasteiger charge is -2.15. The molecule has 0 spiro atoms. The second-order valence-electron chi connectivity index (χ2n) is 3.41. The van der Waals surface area contributed by atoms with E-state index in [1.807, 2.05) is 0 Å². The van der Waals surface area contributed by atoms with Crippen molar-refractivity contribution in [2.75, 3.05) is 0 Å². The molecule has 1 fully saturated rings. The monoisotopic (exact) mass is 196 g/mol. The van der Waals surface area contributed by atoms with Gasteiger partial charge in [-0.05, 0) is 24.5 Å². The Labute approximate surface area is 80.4 Å². The van der Waals surface area contributed by atoms with Crippen molar-refractivity contribution in [3.05, 3.63) is 5.82 Å². The zero-order chi connectivity index (χ0) is 9.97. The zero-order valence-electron chi connectivity index (χ0n) is 7.60. The largest absolute Gasteiger partial charge is 0.345 e. The van der Waals surface area contributed by atoms with Crippen molar-refractivity contribution < 1.29 is 4.79 Å². The summed E-state index contributed by atoms with van der Waals surface area (Å²) in [5.41, 5.74) is 5.80. The van der Waals surface area contributed by atoms with Gasteiger partial charge in [-0.1, -0.05) is 0 Å². The number of amides is 1. The van der Waals surface area contributed by atoms with Crippen LogP contribution in [0.15, 0.2) is 0 Å². The Balaban J connectivity index is 1.95. The highest BCUT2D eigenvalue weighted by atomic mass is 16.2. The van der Waals surface area contributed by atoms with Crippen LogP contribution in [0.25, 0.3) is 0 Å². The highest BCUT2D eigenvalue weighted by Gasteiger charge is 2.26. The van der Waals surface area contributed by atoms with E-state index < -0.39 is 0 Å². The number of carbonyl (C=O) groups is 1. The Hall–Kier alpha value is -1.50. The predicted octanol–water partition coefficient (Wildman–Crippen LogP) is -1.19. The molecule has 1 aromatic heterocycles. The Bertz CT molecular complexity index is 310. The average molecular weight is 196 g/mol. The molecule has 14 heavy (non-hydrogen) atoms. The SMILES string of the molecule is NC1CCCC1NC(=O)c1nn[nH]n1. The summed E-state index contributed by atoms with van der Waals surface area (Å²) in [7, 11) is 0. The molecule has 7 heteroatoms. The summed E-state index contributed by atoms with van der Waals surface area (Å²) in [6.07, 6.45) is 2.93. The van der Waals surface area contributed by atoms with Crippen LogP contribution >= 0.6 is 0 Å². The molecule has 1 heterocycles. The molecule has 2 atom stereocenters.